The second-order valence-corrected chi connectivity index (χ2v) is 9.38. The highest BCUT2D eigenvalue weighted by Crippen LogP contribution is 2.26. The summed E-state index contributed by atoms with van der Waals surface area (Å²) in [6.45, 7) is 12.1. The van der Waals surface area contributed by atoms with Crippen molar-refractivity contribution < 1.29 is 20.4 Å². The van der Waals surface area contributed by atoms with Gasteiger partial charge in [0.1, 0.15) is 0 Å². The summed E-state index contributed by atoms with van der Waals surface area (Å²) in [7, 11) is 0. The second-order valence-electron chi connectivity index (χ2n) is 9.38. The van der Waals surface area contributed by atoms with E-state index in [9.17, 15) is 15.3 Å². The lowest BCUT2D eigenvalue weighted by molar-refractivity contribution is 0.0577. The molecular formula is C32H48O4. The van der Waals surface area contributed by atoms with E-state index in [0.29, 0.717) is 25.7 Å². The molecule has 1 aromatic rings. The molecule has 0 amide bonds. The Morgan fingerprint density at radius 1 is 1.08 bits per heavy atom. The van der Waals surface area contributed by atoms with Crippen molar-refractivity contribution in [3.05, 3.63) is 95.1 Å². The van der Waals surface area contributed by atoms with Gasteiger partial charge in [-0.25, -0.2) is 0 Å². The fourth-order valence-corrected chi connectivity index (χ4v) is 4.19. The average Bonchev–Trinajstić information content (AvgIpc) is 2.92. The van der Waals surface area contributed by atoms with Gasteiger partial charge in [-0.05, 0) is 79.7 Å². The highest BCUT2D eigenvalue weighted by atomic mass is 16.3. The molecule has 0 saturated carbocycles. The SMILES string of the molecule is C=C\C(=C/C(=C\C)C(=C/C=C/C(O)(CC)CC)/CC)CCc1ccc(C(O)C(CO)CCCO)cc1. The van der Waals surface area contributed by atoms with Gasteiger partial charge in [-0.3, -0.25) is 0 Å². The summed E-state index contributed by atoms with van der Waals surface area (Å²) >= 11 is 0. The molecule has 4 nitrogen and oxygen atoms in total. The largest absolute Gasteiger partial charge is 0.396 e. The van der Waals surface area contributed by atoms with E-state index in [1.165, 1.54) is 11.1 Å². The van der Waals surface area contributed by atoms with Gasteiger partial charge in [-0.1, -0.05) is 88.1 Å². The zero-order valence-corrected chi connectivity index (χ0v) is 22.8. The summed E-state index contributed by atoms with van der Waals surface area (Å²) in [5.74, 6) is -0.272. The lowest BCUT2D eigenvalue weighted by Crippen LogP contribution is -2.22. The Morgan fingerprint density at radius 3 is 2.25 bits per heavy atom. The number of hydrogen-bond acceptors (Lipinski definition) is 4. The third kappa shape index (κ3) is 10.4. The van der Waals surface area contributed by atoms with Crippen LogP contribution in [0.3, 0.4) is 0 Å². The van der Waals surface area contributed by atoms with Crippen LogP contribution in [0, 0.1) is 5.92 Å². The van der Waals surface area contributed by atoms with Crippen LogP contribution in [0.15, 0.2) is 84.0 Å². The van der Waals surface area contributed by atoms with E-state index < -0.39 is 11.7 Å². The van der Waals surface area contributed by atoms with Crippen LogP contribution in [-0.2, 0) is 6.42 Å². The normalized spacial score (nSPS) is 15.4. The van der Waals surface area contributed by atoms with Crippen LogP contribution in [-0.4, -0.2) is 39.2 Å². The summed E-state index contributed by atoms with van der Waals surface area (Å²) in [6, 6.07) is 7.91. The van der Waals surface area contributed by atoms with E-state index in [4.69, 9.17) is 5.11 Å². The van der Waals surface area contributed by atoms with Crippen molar-refractivity contribution in [2.24, 2.45) is 5.92 Å². The summed E-state index contributed by atoms with van der Waals surface area (Å²) in [5.41, 5.74) is 4.72. The highest BCUT2D eigenvalue weighted by molar-refractivity contribution is 5.44. The van der Waals surface area contributed by atoms with Gasteiger partial charge < -0.3 is 20.4 Å². The maximum atomic E-state index is 10.6. The molecule has 1 aromatic carbocycles. The molecule has 0 aliphatic heterocycles. The first-order valence-corrected chi connectivity index (χ1v) is 13.4. The van der Waals surface area contributed by atoms with Gasteiger partial charge in [0, 0.05) is 19.1 Å². The first kappa shape index (κ1) is 31.8. The van der Waals surface area contributed by atoms with Gasteiger partial charge in [0.25, 0.3) is 0 Å². The Balaban J connectivity index is 2.91. The quantitative estimate of drug-likeness (QED) is 0.185. The molecule has 0 aliphatic rings. The predicted octanol–water partition coefficient (Wildman–Crippen LogP) is 6.54. The minimum atomic E-state index is -0.752. The molecule has 0 bridgehead atoms. The molecule has 200 valence electrons. The third-order valence-electron chi connectivity index (χ3n) is 7.03. The summed E-state index contributed by atoms with van der Waals surface area (Å²) in [4.78, 5) is 0. The molecular weight excluding hydrogens is 448 g/mol. The number of aliphatic hydroxyl groups is 4. The predicted molar refractivity (Wildman–Crippen MR) is 152 cm³/mol. The van der Waals surface area contributed by atoms with Gasteiger partial charge in [0.2, 0.25) is 0 Å². The summed E-state index contributed by atoms with van der Waals surface area (Å²) in [6.07, 6.45) is 16.5. The lowest BCUT2D eigenvalue weighted by Gasteiger charge is -2.21. The van der Waals surface area contributed by atoms with Crippen molar-refractivity contribution in [2.75, 3.05) is 13.2 Å². The van der Waals surface area contributed by atoms with E-state index in [0.717, 1.165) is 36.0 Å². The third-order valence-corrected chi connectivity index (χ3v) is 7.03. The number of allylic oxidation sites excluding steroid dienone is 8. The molecule has 0 aliphatic carbocycles. The Hall–Kier alpha value is -2.24. The molecule has 0 aromatic heterocycles. The first-order valence-electron chi connectivity index (χ1n) is 13.4. The molecule has 0 heterocycles. The molecule has 36 heavy (non-hydrogen) atoms. The Morgan fingerprint density at radius 2 is 1.75 bits per heavy atom. The monoisotopic (exact) mass is 496 g/mol. The van der Waals surface area contributed by atoms with E-state index >= 15 is 0 Å². The fourth-order valence-electron chi connectivity index (χ4n) is 4.19. The Bertz CT molecular complexity index is 885. The van der Waals surface area contributed by atoms with Crippen molar-refractivity contribution in [2.45, 2.75) is 84.3 Å². The summed E-state index contributed by atoms with van der Waals surface area (Å²) < 4.78 is 0. The lowest BCUT2D eigenvalue weighted by atomic mass is 9.91. The maximum Gasteiger partial charge on any atom is 0.0840 e. The van der Waals surface area contributed by atoms with Crippen LogP contribution < -0.4 is 0 Å². The molecule has 0 fully saturated rings. The fraction of sp³-hybridized carbons (Fsp3) is 0.500. The van der Waals surface area contributed by atoms with Crippen LogP contribution in [0.25, 0.3) is 0 Å². The molecule has 0 spiro atoms. The number of hydrogen-bond donors (Lipinski definition) is 4. The van der Waals surface area contributed by atoms with E-state index in [1.807, 2.05) is 63.3 Å². The van der Waals surface area contributed by atoms with Crippen molar-refractivity contribution >= 4 is 0 Å². The van der Waals surface area contributed by atoms with Crippen molar-refractivity contribution in [3.8, 4) is 0 Å². The van der Waals surface area contributed by atoms with Crippen molar-refractivity contribution in [1.82, 2.24) is 0 Å². The van der Waals surface area contributed by atoms with Crippen LogP contribution in [0.2, 0.25) is 0 Å². The second kappa shape index (κ2) is 17.3. The average molecular weight is 497 g/mol. The van der Waals surface area contributed by atoms with Gasteiger partial charge in [0.15, 0.2) is 0 Å². The number of aryl methyl sites for hydroxylation is 1. The van der Waals surface area contributed by atoms with Gasteiger partial charge in [-0.15, -0.1) is 0 Å². The van der Waals surface area contributed by atoms with E-state index in [-0.39, 0.29) is 19.1 Å². The highest BCUT2D eigenvalue weighted by Gasteiger charge is 2.20. The van der Waals surface area contributed by atoms with Gasteiger partial charge in [0.05, 0.1) is 11.7 Å². The maximum absolute atomic E-state index is 10.6. The van der Waals surface area contributed by atoms with Crippen LogP contribution in [0.4, 0.5) is 0 Å². The van der Waals surface area contributed by atoms with Crippen molar-refractivity contribution in [3.63, 3.8) is 0 Å². The van der Waals surface area contributed by atoms with E-state index in [2.05, 4.69) is 31.7 Å². The molecule has 1 rings (SSSR count). The molecule has 4 N–H and O–H groups in total. The zero-order chi connectivity index (χ0) is 27.0. The van der Waals surface area contributed by atoms with Crippen LogP contribution >= 0.6 is 0 Å². The number of aliphatic hydroxyl groups excluding tert-OH is 3. The Labute approximate surface area is 219 Å². The molecule has 2 atom stereocenters. The number of rotatable bonds is 17. The zero-order valence-electron chi connectivity index (χ0n) is 22.8. The molecule has 0 saturated heterocycles. The smallest absolute Gasteiger partial charge is 0.0840 e. The number of benzene rings is 1. The van der Waals surface area contributed by atoms with Crippen LogP contribution in [0.1, 0.15) is 83.5 Å². The standard InChI is InChI=1S/C32H48O4/c1-6-25(23-28(8-3)27(7-2)13-11-21-32(36,9-4)10-5)15-16-26-17-19-29(20-18-26)31(35)30(24-34)14-12-22-33/h6,8,11,13,17-21,23,30-31,33-36H,1,7,9-10,12,14-16,22,24H2,2-5H3/b21-11+,25-23+,27-13+,28-8+. The van der Waals surface area contributed by atoms with Crippen molar-refractivity contribution in [1.29, 1.82) is 0 Å². The molecule has 4 heteroatoms. The molecule has 2 unspecified atom stereocenters. The van der Waals surface area contributed by atoms with Gasteiger partial charge in [-0.2, -0.15) is 0 Å². The topological polar surface area (TPSA) is 80.9 Å². The van der Waals surface area contributed by atoms with Crippen LogP contribution in [0.5, 0.6) is 0 Å². The van der Waals surface area contributed by atoms with E-state index in [1.54, 1.807) is 0 Å². The Kier molecular flexibility index (Phi) is 15.2. The minimum absolute atomic E-state index is 0.0591. The van der Waals surface area contributed by atoms with Gasteiger partial charge >= 0.3 is 0 Å². The first-order chi connectivity index (χ1) is 17.3. The summed E-state index contributed by atoms with van der Waals surface area (Å²) in [5, 5.41) is 39.7. The minimum Gasteiger partial charge on any atom is -0.396 e. The molecule has 0 radical (unpaired) electrons.